The minimum absolute atomic E-state index is 0.280. The molecular formula is C13H20N2O. The third-order valence-corrected chi connectivity index (χ3v) is 3.19. The van der Waals surface area contributed by atoms with Crippen molar-refractivity contribution in [3.8, 4) is 0 Å². The molecule has 0 aromatic carbocycles. The lowest BCUT2D eigenvalue weighted by atomic mass is 10.1. The molecule has 1 aliphatic carbocycles. The Labute approximate surface area is 96.9 Å². The molecule has 0 fully saturated rings. The summed E-state index contributed by atoms with van der Waals surface area (Å²) in [7, 11) is 0. The van der Waals surface area contributed by atoms with E-state index in [0.29, 0.717) is 6.54 Å². The molecule has 0 aliphatic heterocycles. The smallest absolute Gasteiger partial charge is 0.126 e. The van der Waals surface area contributed by atoms with Crippen molar-refractivity contribution < 1.29 is 5.11 Å². The van der Waals surface area contributed by atoms with Crippen LogP contribution in [0.1, 0.15) is 31.5 Å². The van der Waals surface area contributed by atoms with Gasteiger partial charge >= 0.3 is 0 Å². The van der Waals surface area contributed by atoms with E-state index in [2.05, 4.69) is 16.4 Å². The van der Waals surface area contributed by atoms with E-state index in [4.69, 9.17) is 0 Å². The van der Waals surface area contributed by atoms with Crippen LogP contribution in [-0.2, 0) is 12.8 Å². The quantitative estimate of drug-likeness (QED) is 0.815. The Morgan fingerprint density at radius 2 is 2.19 bits per heavy atom. The van der Waals surface area contributed by atoms with Crippen LogP contribution in [-0.4, -0.2) is 22.7 Å². The molecule has 88 valence electrons. The van der Waals surface area contributed by atoms with Crippen LogP contribution >= 0.6 is 0 Å². The summed E-state index contributed by atoms with van der Waals surface area (Å²) < 4.78 is 0. The largest absolute Gasteiger partial charge is 0.391 e. The number of aliphatic hydroxyl groups is 1. The van der Waals surface area contributed by atoms with Crippen molar-refractivity contribution in [3.63, 3.8) is 0 Å². The summed E-state index contributed by atoms with van der Waals surface area (Å²) in [5, 5.41) is 12.9. The van der Waals surface area contributed by atoms with Crippen LogP contribution in [0.4, 0.5) is 5.82 Å². The highest BCUT2D eigenvalue weighted by Gasteiger charge is 2.13. The number of anilines is 1. The molecule has 0 bridgehead atoms. The summed E-state index contributed by atoms with van der Waals surface area (Å²) in [6.45, 7) is 4.61. The fraction of sp³-hybridized carbons (Fsp3) is 0.615. The topological polar surface area (TPSA) is 45.1 Å². The summed E-state index contributed by atoms with van der Waals surface area (Å²) in [6.07, 6.45) is 3.17. The molecular weight excluding hydrogens is 200 g/mol. The van der Waals surface area contributed by atoms with Crippen LogP contribution < -0.4 is 5.32 Å². The third kappa shape index (κ3) is 2.53. The number of aliphatic hydroxyl groups excluding tert-OH is 1. The molecule has 1 unspecified atom stereocenters. The Balaban J connectivity index is 1.95. The van der Waals surface area contributed by atoms with Gasteiger partial charge in [-0.25, -0.2) is 4.98 Å². The van der Waals surface area contributed by atoms with Crippen molar-refractivity contribution in [3.05, 3.63) is 23.4 Å². The minimum atomic E-state index is -0.310. The lowest BCUT2D eigenvalue weighted by molar-refractivity contribution is 0.138. The highest BCUT2D eigenvalue weighted by atomic mass is 16.3. The third-order valence-electron chi connectivity index (χ3n) is 3.19. The number of aromatic nitrogens is 1. The van der Waals surface area contributed by atoms with E-state index in [1.807, 2.05) is 19.9 Å². The summed E-state index contributed by atoms with van der Waals surface area (Å²) in [5.41, 5.74) is 2.61. The summed E-state index contributed by atoms with van der Waals surface area (Å²) in [6, 6.07) is 4.16. The van der Waals surface area contributed by atoms with Crippen LogP contribution in [0.25, 0.3) is 0 Å². The molecule has 3 heteroatoms. The average molecular weight is 220 g/mol. The van der Waals surface area contributed by atoms with Crippen molar-refractivity contribution in [2.75, 3.05) is 11.9 Å². The molecule has 1 aromatic rings. The number of hydrogen-bond donors (Lipinski definition) is 2. The number of hydrogen-bond acceptors (Lipinski definition) is 3. The minimum Gasteiger partial charge on any atom is -0.391 e. The van der Waals surface area contributed by atoms with Gasteiger partial charge in [0.15, 0.2) is 0 Å². The SMILES string of the molecule is CC(C)C(O)CNc1ccc2c(n1)CCC2. The van der Waals surface area contributed by atoms with E-state index in [-0.39, 0.29) is 12.0 Å². The van der Waals surface area contributed by atoms with Gasteiger partial charge in [0.05, 0.1) is 6.10 Å². The Morgan fingerprint density at radius 1 is 1.38 bits per heavy atom. The van der Waals surface area contributed by atoms with Crippen molar-refractivity contribution in [2.24, 2.45) is 5.92 Å². The molecule has 0 saturated heterocycles. The zero-order chi connectivity index (χ0) is 11.5. The monoisotopic (exact) mass is 220 g/mol. The lowest BCUT2D eigenvalue weighted by Gasteiger charge is -2.15. The van der Waals surface area contributed by atoms with Crippen molar-refractivity contribution in [1.29, 1.82) is 0 Å². The predicted octanol–water partition coefficient (Wildman–Crippen LogP) is 2.00. The number of nitrogens with zero attached hydrogens (tertiary/aromatic N) is 1. The number of aryl methyl sites for hydroxylation is 2. The fourth-order valence-corrected chi connectivity index (χ4v) is 1.96. The maximum Gasteiger partial charge on any atom is 0.126 e. The first-order chi connectivity index (χ1) is 7.66. The second-order valence-electron chi connectivity index (χ2n) is 4.85. The van der Waals surface area contributed by atoms with Crippen molar-refractivity contribution in [2.45, 2.75) is 39.2 Å². The fourth-order valence-electron chi connectivity index (χ4n) is 1.96. The second kappa shape index (κ2) is 4.83. The Morgan fingerprint density at radius 3 is 2.94 bits per heavy atom. The molecule has 1 atom stereocenters. The first-order valence-electron chi connectivity index (χ1n) is 6.07. The van der Waals surface area contributed by atoms with Gasteiger partial charge in [0.2, 0.25) is 0 Å². The number of nitrogens with one attached hydrogen (secondary N) is 1. The average Bonchev–Trinajstić information content (AvgIpc) is 2.72. The molecule has 0 radical (unpaired) electrons. The first-order valence-corrected chi connectivity index (χ1v) is 6.07. The van der Waals surface area contributed by atoms with Crippen molar-refractivity contribution in [1.82, 2.24) is 4.98 Å². The van der Waals surface area contributed by atoms with E-state index in [0.717, 1.165) is 18.7 Å². The van der Waals surface area contributed by atoms with Crippen LogP contribution in [0.2, 0.25) is 0 Å². The summed E-state index contributed by atoms with van der Waals surface area (Å²) >= 11 is 0. The molecule has 0 amide bonds. The predicted molar refractivity (Wildman–Crippen MR) is 65.6 cm³/mol. The maximum absolute atomic E-state index is 9.69. The van der Waals surface area contributed by atoms with Crippen LogP contribution in [0, 0.1) is 5.92 Å². The molecule has 2 rings (SSSR count). The summed E-state index contributed by atoms with van der Waals surface area (Å²) in [4.78, 5) is 4.56. The highest BCUT2D eigenvalue weighted by Crippen LogP contribution is 2.21. The normalized spacial score (nSPS) is 16.2. The molecule has 0 saturated carbocycles. The number of pyridine rings is 1. The van der Waals surface area contributed by atoms with Crippen molar-refractivity contribution >= 4 is 5.82 Å². The van der Waals surface area contributed by atoms with E-state index < -0.39 is 0 Å². The molecule has 1 heterocycles. The highest BCUT2D eigenvalue weighted by molar-refractivity contribution is 5.40. The molecule has 16 heavy (non-hydrogen) atoms. The van der Waals surface area contributed by atoms with Crippen LogP contribution in [0.3, 0.4) is 0 Å². The number of fused-ring (bicyclic) bond motifs is 1. The van der Waals surface area contributed by atoms with Gasteiger partial charge in [-0.2, -0.15) is 0 Å². The van der Waals surface area contributed by atoms with E-state index in [1.54, 1.807) is 0 Å². The molecule has 1 aliphatic rings. The van der Waals surface area contributed by atoms with Gasteiger partial charge < -0.3 is 10.4 Å². The van der Waals surface area contributed by atoms with Crippen LogP contribution in [0.5, 0.6) is 0 Å². The van der Waals surface area contributed by atoms with Gasteiger partial charge in [-0.15, -0.1) is 0 Å². The van der Waals surface area contributed by atoms with Crippen LogP contribution in [0.15, 0.2) is 12.1 Å². The van der Waals surface area contributed by atoms with Gasteiger partial charge in [0.25, 0.3) is 0 Å². The van der Waals surface area contributed by atoms with E-state index in [9.17, 15) is 5.11 Å². The Kier molecular flexibility index (Phi) is 3.44. The Hall–Kier alpha value is -1.09. The maximum atomic E-state index is 9.69. The van der Waals surface area contributed by atoms with E-state index in [1.165, 1.54) is 17.7 Å². The second-order valence-corrected chi connectivity index (χ2v) is 4.85. The first kappa shape index (κ1) is 11.4. The molecule has 3 nitrogen and oxygen atoms in total. The summed E-state index contributed by atoms with van der Waals surface area (Å²) in [5.74, 6) is 1.17. The zero-order valence-electron chi connectivity index (χ0n) is 10.0. The van der Waals surface area contributed by atoms with Gasteiger partial charge in [0.1, 0.15) is 5.82 Å². The van der Waals surface area contributed by atoms with Gasteiger partial charge in [-0.1, -0.05) is 19.9 Å². The van der Waals surface area contributed by atoms with E-state index >= 15 is 0 Å². The zero-order valence-corrected chi connectivity index (χ0v) is 10.0. The van der Waals surface area contributed by atoms with Gasteiger partial charge in [0, 0.05) is 12.2 Å². The molecule has 0 spiro atoms. The molecule has 2 N–H and O–H groups in total. The van der Waals surface area contributed by atoms with Gasteiger partial charge in [-0.3, -0.25) is 0 Å². The lowest BCUT2D eigenvalue weighted by Crippen LogP contribution is -2.25. The van der Waals surface area contributed by atoms with Gasteiger partial charge in [-0.05, 0) is 36.8 Å². The molecule has 1 aromatic heterocycles. The Bertz CT molecular complexity index is 363. The standard InChI is InChI=1S/C13H20N2O/c1-9(2)12(16)8-14-13-7-6-10-4-3-5-11(10)15-13/h6-7,9,12,16H,3-5,8H2,1-2H3,(H,14,15). The number of rotatable bonds is 4.